The molecule has 1 nitrogen and oxygen atoms in total. The molecule has 0 saturated heterocycles. The third kappa shape index (κ3) is 208. The van der Waals surface area contributed by atoms with Gasteiger partial charge in [-0.15, -0.1) is 0 Å². The monoisotopic (exact) mass is 152 g/mol. The molecular formula is C4H13AsO. The van der Waals surface area contributed by atoms with Crippen LogP contribution in [-0.4, -0.2) is 28.7 Å². The van der Waals surface area contributed by atoms with E-state index in [2.05, 4.69) is 0 Å². The van der Waals surface area contributed by atoms with E-state index in [1.165, 1.54) is 0 Å². The van der Waals surface area contributed by atoms with E-state index in [0.717, 1.165) is 0 Å². The summed E-state index contributed by atoms with van der Waals surface area (Å²) in [5.41, 5.74) is -0.500. The second-order valence-electron chi connectivity index (χ2n) is 2.17. The maximum absolute atomic E-state index is 8.52. The fourth-order valence-corrected chi connectivity index (χ4v) is 0. The van der Waals surface area contributed by atoms with E-state index >= 15 is 0 Å². The fourth-order valence-electron chi connectivity index (χ4n) is 0. The van der Waals surface area contributed by atoms with Crippen LogP contribution in [0.2, 0.25) is 0 Å². The van der Waals surface area contributed by atoms with Gasteiger partial charge in [0.15, 0.2) is 0 Å². The summed E-state index contributed by atoms with van der Waals surface area (Å²) >= 11 is 0. The molecule has 40 valence electrons. The molecule has 0 aliphatic carbocycles. The second kappa shape index (κ2) is 2.65. The number of hydrogen-bond acceptors (Lipinski definition) is 1. The zero-order valence-corrected chi connectivity index (χ0v) is 7.62. The molecule has 0 bridgehead atoms. The maximum atomic E-state index is 8.52. The summed E-state index contributed by atoms with van der Waals surface area (Å²) in [6, 6.07) is 0. The summed E-state index contributed by atoms with van der Waals surface area (Å²) in [7, 11) is 0. The molecule has 0 aromatic rings. The Labute approximate surface area is 50.1 Å². The summed E-state index contributed by atoms with van der Waals surface area (Å²) in [4.78, 5) is 0. The third-order valence-corrected chi connectivity index (χ3v) is 0. The Morgan fingerprint density at radius 1 is 1.17 bits per heavy atom. The Bertz CT molecular complexity index is 23.0. The Hall–Kier alpha value is 0.518. The van der Waals surface area contributed by atoms with Gasteiger partial charge in [-0.3, -0.25) is 0 Å². The number of aliphatic hydroxyl groups is 1. The summed E-state index contributed by atoms with van der Waals surface area (Å²) in [6.45, 7) is 5.23. The first-order valence-corrected chi connectivity index (χ1v) is 1.72. The molecule has 6 heavy (non-hydrogen) atoms. The Morgan fingerprint density at radius 3 is 1.17 bits per heavy atom. The van der Waals surface area contributed by atoms with Crippen molar-refractivity contribution in [3.05, 3.63) is 0 Å². The molecule has 0 aliphatic rings. The van der Waals surface area contributed by atoms with Gasteiger partial charge in [0.1, 0.15) is 0 Å². The van der Waals surface area contributed by atoms with Gasteiger partial charge in [-0.05, 0) is 20.8 Å². The normalized spacial score (nSPS) is 10.0. The Kier molecular flexibility index (Phi) is 4.30. The van der Waals surface area contributed by atoms with Crippen LogP contribution >= 0.6 is 0 Å². The minimum atomic E-state index is -0.500. The summed E-state index contributed by atoms with van der Waals surface area (Å²) in [5.74, 6) is 0. The fraction of sp³-hybridized carbons (Fsp3) is 1.00. The van der Waals surface area contributed by atoms with E-state index in [4.69, 9.17) is 5.11 Å². The molecule has 0 radical (unpaired) electrons. The first kappa shape index (κ1) is 9.72. The second-order valence-corrected chi connectivity index (χ2v) is 2.17. The first-order valence-electron chi connectivity index (χ1n) is 1.72. The van der Waals surface area contributed by atoms with Crippen LogP contribution in [0.4, 0.5) is 0 Å². The molecule has 2 heteroatoms. The third-order valence-electron chi connectivity index (χ3n) is 0. The van der Waals surface area contributed by atoms with Gasteiger partial charge in [0.2, 0.25) is 0 Å². The van der Waals surface area contributed by atoms with Crippen LogP contribution in [0.3, 0.4) is 0 Å². The van der Waals surface area contributed by atoms with Gasteiger partial charge in [0, 0.05) is 0 Å². The van der Waals surface area contributed by atoms with E-state index < -0.39 is 5.60 Å². The molecule has 0 saturated carbocycles. The van der Waals surface area contributed by atoms with Gasteiger partial charge in [-0.25, -0.2) is 0 Å². The molecule has 0 rings (SSSR count). The van der Waals surface area contributed by atoms with Crippen molar-refractivity contribution in [3.8, 4) is 0 Å². The van der Waals surface area contributed by atoms with Crippen LogP contribution < -0.4 is 0 Å². The standard InChI is InChI=1S/C4H10O.AsH3/c1-4(2,3)5;/h5H,1-3H3;1H3. The molecule has 1 unspecified atom stereocenters. The summed E-state index contributed by atoms with van der Waals surface area (Å²) < 4.78 is 0. The summed E-state index contributed by atoms with van der Waals surface area (Å²) in [5, 5.41) is 8.52. The molecule has 0 spiro atoms. The molecule has 0 amide bonds. The molecule has 0 fully saturated rings. The van der Waals surface area contributed by atoms with E-state index in [-0.39, 0.29) is 18.0 Å². The van der Waals surface area contributed by atoms with Gasteiger partial charge in [-0.1, -0.05) is 0 Å². The van der Waals surface area contributed by atoms with Crippen molar-refractivity contribution >= 4 is 18.0 Å². The predicted molar refractivity (Wildman–Crippen MR) is 31.9 cm³/mol. The van der Waals surface area contributed by atoms with Crippen LogP contribution in [-0.2, 0) is 0 Å². The van der Waals surface area contributed by atoms with Crippen LogP contribution in [0.25, 0.3) is 0 Å². The van der Waals surface area contributed by atoms with Crippen LogP contribution in [0.15, 0.2) is 0 Å². The van der Waals surface area contributed by atoms with Gasteiger partial charge in [-0.2, -0.15) is 0 Å². The average Bonchev–Trinajstić information content (AvgIpc) is 0.722. The van der Waals surface area contributed by atoms with Crippen LogP contribution in [0, 0.1) is 0 Å². The quantitative estimate of drug-likeness (QED) is 0.468. The molecule has 0 aromatic carbocycles. The van der Waals surface area contributed by atoms with E-state index in [1.807, 2.05) is 0 Å². The molecule has 1 N–H and O–H groups in total. The van der Waals surface area contributed by atoms with Crippen molar-refractivity contribution in [2.45, 2.75) is 26.4 Å². The molecular weight excluding hydrogens is 139 g/mol. The first-order chi connectivity index (χ1) is 2.00. The van der Waals surface area contributed by atoms with Gasteiger partial charge >= 0.3 is 18.0 Å². The van der Waals surface area contributed by atoms with Gasteiger partial charge in [0.25, 0.3) is 0 Å². The van der Waals surface area contributed by atoms with Crippen molar-refractivity contribution in [1.82, 2.24) is 0 Å². The van der Waals surface area contributed by atoms with Gasteiger partial charge in [0.05, 0.1) is 5.60 Å². The van der Waals surface area contributed by atoms with Crippen molar-refractivity contribution in [2.75, 3.05) is 0 Å². The van der Waals surface area contributed by atoms with E-state index in [9.17, 15) is 0 Å². The number of hydrogen-bond donors (Lipinski definition) is 1. The number of rotatable bonds is 0. The zero-order valence-electron chi connectivity index (χ0n) is 4.65. The van der Waals surface area contributed by atoms with E-state index in [1.54, 1.807) is 20.8 Å². The van der Waals surface area contributed by atoms with Crippen LogP contribution in [0.1, 0.15) is 20.8 Å². The van der Waals surface area contributed by atoms with Crippen LogP contribution in [0.5, 0.6) is 0 Å². The molecule has 0 aromatic heterocycles. The Balaban J connectivity index is 0. The van der Waals surface area contributed by atoms with Gasteiger partial charge < -0.3 is 5.11 Å². The summed E-state index contributed by atoms with van der Waals surface area (Å²) in [6.07, 6.45) is 0. The molecule has 0 heterocycles. The zero-order chi connectivity index (χ0) is 4.50. The van der Waals surface area contributed by atoms with E-state index in [0.29, 0.717) is 0 Å². The van der Waals surface area contributed by atoms with Crippen molar-refractivity contribution in [2.24, 2.45) is 0 Å². The molecule has 1 atom stereocenters. The average molecular weight is 152 g/mol. The SMILES string of the molecule is CC(C)(C)O.[AsH3]. The minimum absolute atomic E-state index is 0. The predicted octanol–water partition coefficient (Wildman–Crippen LogP) is -0.407. The Morgan fingerprint density at radius 2 is 1.17 bits per heavy atom. The topological polar surface area (TPSA) is 20.2 Å². The van der Waals surface area contributed by atoms with Crippen molar-refractivity contribution in [1.29, 1.82) is 0 Å². The van der Waals surface area contributed by atoms with Crippen molar-refractivity contribution < 1.29 is 5.11 Å². The van der Waals surface area contributed by atoms with Crippen molar-refractivity contribution in [3.63, 3.8) is 0 Å². The molecule has 0 aliphatic heterocycles.